The number of likely N-dealkylation sites (N-methyl/N-ethyl adjacent to an activating group) is 1. The molecule has 3 aromatic heterocycles. The number of pyridine rings is 2. The van der Waals surface area contributed by atoms with Crippen molar-refractivity contribution < 1.29 is 4.79 Å². The van der Waals surface area contributed by atoms with Crippen LogP contribution in [0.25, 0.3) is 11.1 Å². The van der Waals surface area contributed by atoms with Crippen molar-refractivity contribution in [1.29, 1.82) is 0 Å². The molecule has 0 radical (unpaired) electrons. The molecule has 0 bridgehead atoms. The minimum atomic E-state index is -0.163. The number of hydrogen-bond donors (Lipinski definition) is 1. The van der Waals surface area contributed by atoms with Crippen LogP contribution in [0.1, 0.15) is 16.1 Å². The van der Waals surface area contributed by atoms with Crippen LogP contribution in [0.2, 0.25) is 0 Å². The summed E-state index contributed by atoms with van der Waals surface area (Å²) in [4.78, 5) is 30.1. The van der Waals surface area contributed by atoms with Gasteiger partial charge in [-0.25, -0.2) is 0 Å². The number of aromatic nitrogens is 4. The van der Waals surface area contributed by atoms with E-state index in [9.17, 15) is 9.59 Å². The zero-order chi connectivity index (χ0) is 19.0. The predicted molar refractivity (Wildman–Crippen MR) is 102 cm³/mol. The van der Waals surface area contributed by atoms with Gasteiger partial charge in [0.1, 0.15) is 5.69 Å². The van der Waals surface area contributed by atoms with Crippen LogP contribution in [-0.2, 0) is 20.1 Å². The Morgan fingerprint density at radius 2 is 2.07 bits per heavy atom. The van der Waals surface area contributed by atoms with E-state index in [0.717, 1.165) is 42.7 Å². The summed E-state index contributed by atoms with van der Waals surface area (Å²) in [5.41, 5.74) is 3.31. The average molecular weight is 364 g/mol. The molecule has 0 spiro atoms. The molecule has 138 valence electrons. The standard InChI is InChI=1S/C19H20N6O2/c1-23-5-6-25-15(11-23)8-18(22-25)21-17-7-13(10-24(2)19(17)27)16-3-4-20-9-14(16)12-26/h3-4,7-10,12H,5-6,11H2,1-2H3,(H,21,22). The smallest absolute Gasteiger partial charge is 0.274 e. The van der Waals surface area contributed by atoms with Crippen molar-refractivity contribution in [2.24, 2.45) is 7.05 Å². The third kappa shape index (κ3) is 3.26. The van der Waals surface area contributed by atoms with E-state index in [-0.39, 0.29) is 5.56 Å². The summed E-state index contributed by atoms with van der Waals surface area (Å²) in [5.74, 6) is 0.639. The van der Waals surface area contributed by atoms with Gasteiger partial charge in [0.25, 0.3) is 5.56 Å². The number of anilines is 2. The highest BCUT2D eigenvalue weighted by atomic mass is 16.1. The number of carbonyl (C=O) groups excluding carboxylic acids is 1. The van der Waals surface area contributed by atoms with Gasteiger partial charge in [0, 0.05) is 55.9 Å². The molecule has 4 rings (SSSR count). The van der Waals surface area contributed by atoms with Crippen molar-refractivity contribution >= 4 is 17.8 Å². The number of aldehydes is 1. The Hall–Kier alpha value is -3.26. The van der Waals surface area contributed by atoms with E-state index in [4.69, 9.17) is 0 Å². The fourth-order valence-corrected chi connectivity index (χ4v) is 3.31. The number of fused-ring (bicyclic) bond motifs is 1. The molecule has 8 heteroatoms. The average Bonchev–Trinajstić information content (AvgIpc) is 3.06. The zero-order valence-electron chi connectivity index (χ0n) is 15.2. The molecule has 0 unspecified atom stereocenters. The van der Waals surface area contributed by atoms with E-state index in [1.807, 2.05) is 10.7 Å². The molecule has 0 aliphatic carbocycles. The first kappa shape index (κ1) is 17.2. The highest BCUT2D eigenvalue weighted by molar-refractivity contribution is 5.87. The summed E-state index contributed by atoms with van der Waals surface area (Å²) in [6, 6.07) is 5.47. The van der Waals surface area contributed by atoms with E-state index in [2.05, 4.69) is 27.3 Å². The van der Waals surface area contributed by atoms with Crippen LogP contribution >= 0.6 is 0 Å². The molecule has 27 heavy (non-hydrogen) atoms. The third-order valence-electron chi connectivity index (χ3n) is 4.72. The molecule has 8 nitrogen and oxygen atoms in total. The van der Waals surface area contributed by atoms with E-state index in [0.29, 0.717) is 17.1 Å². The lowest BCUT2D eigenvalue weighted by Crippen LogP contribution is -2.30. The number of aryl methyl sites for hydroxylation is 1. The molecule has 0 fully saturated rings. The predicted octanol–water partition coefficient (Wildman–Crippen LogP) is 1.65. The van der Waals surface area contributed by atoms with Gasteiger partial charge in [-0.05, 0) is 24.7 Å². The zero-order valence-corrected chi connectivity index (χ0v) is 15.2. The first-order valence-corrected chi connectivity index (χ1v) is 8.67. The molecular formula is C19H20N6O2. The first-order valence-electron chi connectivity index (χ1n) is 8.67. The maximum absolute atomic E-state index is 12.6. The molecule has 1 aliphatic rings. The Morgan fingerprint density at radius 1 is 1.22 bits per heavy atom. The Bertz CT molecular complexity index is 1070. The van der Waals surface area contributed by atoms with Gasteiger partial charge >= 0.3 is 0 Å². The van der Waals surface area contributed by atoms with Crippen molar-refractivity contribution in [3.05, 3.63) is 58.4 Å². The molecule has 1 N–H and O–H groups in total. The van der Waals surface area contributed by atoms with E-state index in [1.54, 1.807) is 31.6 Å². The summed E-state index contributed by atoms with van der Waals surface area (Å²) < 4.78 is 3.46. The lowest BCUT2D eigenvalue weighted by Gasteiger charge is -2.22. The SMILES string of the molecule is CN1CCn2nc(Nc3cc(-c4ccncc4C=O)cn(C)c3=O)cc2C1. The van der Waals surface area contributed by atoms with Gasteiger partial charge in [0.05, 0.1) is 12.2 Å². The molecule has 0 saturated carbocycles. The van der Waals surface area contributed by atoms with Crippen molar-refractivity contribution in [1.82, 2.24) is 24.2 Å². The second-order valence-corrected chi connectivity index (χ2v) is 6.75. The maximum Gasteiger partial charge on any atom is 0.274 e. The monoisotopic (exact) mass is 364 g/mol. The third-order valence-corrected chi connectivity index (χ3v) is 4.72. The van der Waals surface area contributed by atoms with Gasteiger partial charge in [-0.15, -0.1) is 0 Å². The minimum Gasteiger partial charge on any atom is -0.334 e. The lowest BCUT2D eigenvalue weighted by atomic mass is 10.0. The molecule has 0 amide bonds. The second-order valence-electron chi connectivity index (χ2n) is 6.75. The molecule has 4 heterocycles. The van der Waals surface area contributed by atoms with Crippen molar-refractivity contribution in [2.45, 2.75) is 13.1 Å². The Kier molecular flexibility index (Phi) is 4.33. The Balaban J connectivity index is 1.72. The van der Waals surface area contributed by atoms with Crippen molar-refractivity contribution in [2.75, 3.05) is 18.9 Å². The molecular weight excluding hydrogens is 344 g/mol. The highest BCUT2D eigenvalue weighted by Crippen LogP contribution is 2.25. The molecule has 0 aromatic carbocycles. The highest BCUT2D eigenvalue weighted by Gasteiger charge is 2.17. The van der Waals surface area contributed by atoms with Crippen molar-refractivity contribution in [3.63, 3.8) is 0 Å². The van der Waals surface area contributed by atoms with Gasteiger partial charge < -0.3 is 9.88 Å². The normalized spacial score (nSPS) is 14.0. The van der Waals surface area contributed by atoms with Crippen LogP contribution in [0.5, 0.6) is 0 Å². The van der Waals surface area contributed by atoms with Gasteiger partial charge in [-0.1, -0.05) is 0 Å². The molecule has 1 aliphatic heterocycles. The summed E-state index contributed by atoms with van der Waals surface area (Å²) in [7, 11) is 3.76. The summed E-state index contributed by atoms with van der Waals surface area (Å²) in [5, 5.41) is 7.70. The van der Waals surface area contributed by atoms with Gasteiger partial charge in [-0.2, -0.15) is 5.10 Å². The molecule has 0 saturated heterocycles. The summed E-state index contributed by atoms with van der Waals surface area (Å²) in [6.07, 6.45) is 5.62. The van der Waals surface area contributed by atoms with Crippen LogP contribution in [0.4, 0.5) is 11.5 Å². The van der Waals surface area contributed by atoms with E-state index < -0.39 is 0 Å². The Morgan fingerprint density at radius 3 is 2.89 bits per heavy atom. The quantitative estimate of drug-likeness (QED) is 0.709. The van der Waals surface area contributed by atoms with Crippen molar-refractivity contribution in [3.8, 4) is 11.1 Å². The van der Waals surface area contributed by atoms with Gasteiger partial charge in [0.2, 0.25) is 0 Å². The number of nitrogens with one attached hydrogen (secondary N) is 1. The fraction of sp³-hybridized carbons (Fsp3) is 0.263. The number of hydrogen-bond acceptors (Lipinski definition) is 6. The number of rotatable bonds is 4. The molecule has 3 aromatic rings. The first-order chi connectivity index (χ1) is 13.0. The van der Waals surface area contributed by atoms with Gasteiger partial charge in [-0.3, -0.25) is 24.2 Å². The Labute approximate surface area is 156 Å². The molecule has 0 atom stereocenters. The number of carbonyl (C=O) groups is 1. The maximum atomic E-state index is 12.6. The topological polar surface area (TPSA) is 85.1 Å². The van der Waals surface area contributed by atoms with Crippen LogP contribution in [0.3, 0.4) is 0 Å². The van der Waals surface area contributed by atoms with E-state index >= 15 is 0 Å². The van der Waals surface area contributed by atoms with Crippen LogP contribution in [-0.4, -0.2) is 44.1 Å². The fourth-order valence-electron chi connectivity index (χ4n) is 3.31. The number of nitrogens with zero attached hydrogens (tertiary/aromatic N) is 5. The van der Waals surface area contributed by atoms with E-state index in [1.165, 1.54) is 10.8 Å². The lowest BCUT2D eigenvalue weighted by molar-refractivity contribution is 0.112. The van der Waals surface area contributed by atoms with Gasteiger partial charge in [0.15, 0.2) is 12.1 Å². The van der Waals surface area contributed by atoms with Crippen LogP contribution < -0.4 is 10.9 Å². The summed E-state index contributed by atoms with van der Waals surface area (Å²) in [6.45, 7) is 2.60. The largest absolute Gasteiger partial charge is 0.334 e. The van der Waals surface area contributed by atoms with Crippen LogP contribution in [0.15, 0.2) is 41.6 Å². The second kappa shape index (κ2) is 6.81. The summed E-state index contributed by atoms with van der Waals surface area (Å²) >= 11 is 0. The van der Waals surface area contributed by atoms with Crippen LogP contribution in [0, 0.1) is 0 Å². The minimum absolute atomic E-state index is 0.163.